The zero-order chi connectivity index (χ0) is 22.7. The quantitative estimate of drug-likeness (QED) is 0.287. The molecule has 0 aliphatic carbocycles. The molecule has 0 amide bonds. The van der Waals surface area contributed by atoms with Gasteiger partial charge in [0, 0.05) is 29.1 Å². The zero-order valence-electron chi connectivity index (χ0n) is 18.0. The minimum absolute atomic E-state index is 0.00422. The Kier molecular flexibility index (Phi) is 6.17. The molecular formula is C24H24N4O3S. The average molecular weight is 449 g/mol. The van der Waals surface area contributed by atoms with E-state index in [0.29, 0.717) is 23.1 Å². The van der Waals surface area contributed by atoms with Crippen molar-refractivity contribution in [1.29, 1.82) is 0 Å². The summed E-state index contributed by atoms with van der Waals surface area (Å²) < 4.78 is 27.8. The van der Waals surface area contributed by atoms with Gasteiger partial charge in [-0.05, 0) is 43.2 Å². The molecular weight excluding hydrogens is 424 g/mol. The number of isocyanates is 1. The van der Waals surface area contributed by atoms with Crippen molar-refractivity contribution in [3.05, 3.63) is 66.1 Å². The van der Waals surface area contributed by atoms with Crippen molar-refractivity contribution in [2.24, 2.45) is 4.99 Å². The number of aromatic nitrogens is 3. The van der Waals surface area contributed by atoms with Crippen molar-refractivity contribution < 1.29 is 13.2 Å². The summed E-state index contributed by atoms with van der Waals surface area (Å²) >= 11 is 0. The highest BCUT2D eigenvalue weighted by Gasteiger charge is 2.23. The Bertz CT molecular complexity index is 1420. The van der Waals surface area contributed by atoms with E-state index in [-0.39, 0.29) is 10.8 Å². The lowest BCUT2D eigenvalue weighted by Crippen LogP contribution is -2.12. The van der Waals surface area contributed by atoms with Crippen LogP contribution in [0.4, 0.5) is 0 Å². The number of benzene rings is 1. The van der Waals surface area contributed by atoms with E-state index >= 15 is 0 Å². The number of aryl methyl sites for hydroxylation is 1. The van der Waals surface area contributed by atoms with Gasteiger partial charge in [-0.15, -0.1) is 0 Å². The Hall–Kier alpha value is -3.35. The molecule has 3 heterocycles. The monoisotopic (exact) mass is 448 g/mol. The second-order valence-corrected chi connectivity index (χ2v) is 9.67. The summed E-state index contributed by atoms with van der Waals surface area (Å²) in [6.45, 7) is 4.35. The summed E-state index contributed by atoms with van der Waals surface area (Å²) in [5.41, 5.74) is 3.00. The second-order valence-electron chi connectivity index (χ2n) is 7.86. The first-order valence-electron chi connectivity index (χ1n) is 10.6. The molecule has 1 aromatic carbocycles. The van der Waals surface area contributed by atoms with Crippen molar-refractivity contribution in [3.63, 3.8) is 0 Å². The van der Waals surface area contributed by atoms with Crippen LogP contribution in [-0.2, 0) is 14.8 Å². The zero-order valence-corrected chi connectivity index (χ0v) is 18.8. The van der Waals surface area contributed by atoms with Gasteiger partial charge in [-0.1, -0.05) is 37.5 Å². The van der Waals surface area contributed by atoms with Gasteiger partial charge in [0.2, 0.25) is 6.08 Å². The molecule has 8 heteroatoms. The van der Waals surface area contributed by atoms with E-state index < -0.39 is 10.0 Å². The van der Waals surface area contributed by atoms with Gasteiger partial charge in [0.1, 0.15) is 0 Å². The van der Waals surface area contributed by atoms with Crippen LogP contribution in [0.2, 0.25) is 0 Å². The summed E-state index contributed by atoms with van der Waals surface area (Å²) in [6.07, 6.45) is 9.35. The number of carbonyl (C=O) groups excluding carboxylic acids is 1. The molecule has 32 heavy (non-hydrogen) atoms. The fourth-order valence-corrected chi connectivity index (χ4v) is 5.34. The predicted octanol–water partition coefficient (Wildman–Crippen LogP) is 4.74. The Morgan fingerprint density at radius 2 is 1.91 bits per heavy atom. The number of pyridine rings is 2. The minimum Gasteiger partial charge on any atom is -0.255 e. The van der Waals surface area contributed by atoms with Crippen LogP contribution in [0, 0.1) is 6.92 Å². The summed E-state index contributed by atoms with van der Waals surface area (Å²) in [4.78, 5) is 23.7. The third-order valence-corrected chi connectivity index (χ3v) is 7.40. The van der Waals surface area contributed by atoms with Gasteiger partial charge in [-0.2, -0.15) is 0 Å². The highest BCUT2D eigenvalue weighted by Crippen LogP contribution is 2.34. The SMILES string of the molecule is CCCCC(CN=C=O)c1ccnc2cnc3c(ccn3S(=O)(=O)c3ccc(C)cc3)c12. The van der Waals surface area contributed by atoms with Crippen LogP contribution in [0.15, 0.2) is 64.9 Å². The number of unbranched alkanes of at least 4 members (excludes halogenated alkanes) is 1. The van der Waals surface area contributed by atoms with Gasteiger partial charge >= 0.3 is 0 Å². The fraction of sp³-hybridized carbons (Fsp3) is 0.292. The molecule has 4 aromatic rings. The van der Waals surface area contributed by atoms with Crippen LogP contribution >= 0.6 is 0 Å². The summed E-state index contributed by atoms with van der Waals surface area (Å²) in [6, 6.07) is 10.4. The van der Waals surface area contributed by atoms with Crippen LogP contribution in [0.5, 0.6) is 0 Å². The molecule has 0 spiro atoms. The predicted molar refractivity (Wildman–Crippen MR) is 124 cm³/mol. The molecule has 3 aromatic heterocycles. The van der Waals surface area contributed by atoms with Crippen molar-refractivity contribution >= 4 is 38.0 Å². The molecule has 4 rings (SSSR count). The molecule has 0 aliphatic rings. The van der Waals surface area contributed by atoms with E-state index in [9.17, 15) is 13.2 Å². The van der Waals surface area contributed by atoms with Gasteiger partial charge in [0.05, 0.1) is 23.2 Å². The highest BCUT2D eigenvalue weighted by atomic mass is 32.2. The van der Waals surface area contributed by atoms with E-state index in [2.05, 4.69) is 21.9 Å². The molecule has 7 nitrogen and oxygen atoms in total. The number of hydrogen-bond donors (Lipinski definition) is 0. The molecule has 1 atom stereocenters. The van der Waals surface area contributed by atoms with E-state index in [0.717, 1.165) is 35.8 Å². The van der Waals surface area contributed by atoms with Crippen LogP contribution in [0.1, 0.15) is 43.2 Å². The lowest BCUT2D eigenvalue weighted by molar-refractivity contribution is 0.554. The maximum Gasteiger partial charge on any atom is 0.269 e. The molecule has 164 valence electrons. The molecule has 0 radical (unpaired) electrons. The first-order valence-corrected chi connectivity index (χ1v) is 12.0. The van der Waals surface area contributed by atoms with Gasteiger partial charge in [0.15, 0.2) is 5.65 Å². The maximum atomic E-state index is 13.3. The van der Waals surface area contributed by atoms with Crippen LogP contribution < -0.4 is 0 Å². The Morgan fingerprint density at radius 3 is 2.62 bits per heavy atom. The molecule has 0 N–H and O–H groups in total. The lowest BCUT2D eigenvalue weighted by atomic mass is 9.90. The van der Waals surface area contributed by atoms with Crippen molar-refractivity contribution in [1.82, 2.24) is 13.9 Å². The normalized spacial score (nSPS) is 12.7. The molecule has 0 aliphatic heterocycles. The summed E-state index contributed by atoms with van der Waals surface area (Å²) in [7, 11) is -3.81. The number of rotatable bonds is 8. The van der Waals surface area contributed by atoms with E-state index in [1.165, 1.54) is 10.2 Å². The number of nitrogens with zero attached hydrogens (tertiary/aromatic N) is 4. The fourth-order valence-electron chi connectivity index (χ4n) is 4.04. The maximum absolute atomic E-state index is 13.3. The third-order valence-electron chi connectivity index (χ3n) is 5.72. The lowest BCUT2D eigenvalue weighted by Gasteiger charge is -2.17. The Morgan fingerprint density at radius 1 is 1.12 bits per heavy atom. The Labute approximate surface area is 186 Å². The smallest absolute Gasteiger partial charge is 0.255 e. The summed E-state index contributed by atoms with van der Waals surface area (Å²) in [5.74, 6) is 0.00422. The third kappa shape index (κ3) is 3.95. The topological polar surface area (TPSA) is 94.3 Å². The molecule has 1 unspecified atom stereocenters. The van der Waals surface area contributed by atoms with Gasteiger partial charge in [-0.3, -0.25) is 4.98 Å². The minimum atomic E-state index is -3.81. The Balaban J connectivity index is 1.92. The number of hydrogen-bond acceptors (Lipinski definition) is 6. The highest BCUT2D eigenvalue weighted by molar-refractivity contribution is 7.90. The van der Waals surface area contributed by atoms with Crippen LogP contribution in [-0.4, -0.2) is 35.0 Å². The summed E-state index contributed by atoms with van der Waals surface area (Å²) in [5, 5.41) is 1.55. The van der Waals surface area contributed by atoms with E-state index in [1.54, 1.807) is 48.8 Å². The van der Waals surface area contributed by atoms with Crippen LogP contribution in [0.3, 0.4) is 0 Å². The van der Waals surface area contributed by atoms with Crippen LogP contribution in [0.25, 0.3) is 21.9 Å². The van der Waals surface area contributed by atoms with Gasteiger partial charge < -0.3 is 0 Å². The number of fused-ring (bicyclic) bond motifs is 3. The average Bonchev–Trinajstić information content (AvgIpc) is 3.24. The van der Waals surface area contributed by atoms with E-state index in [4.69, 9.17) is 0 Å². The van der Waals surface area contributed by atoms with E-state index in [1.807, 2.05) is 13.0 Å². The first-order chi connectivity index (χ1) is 15.5. The van der Waals surface area contributed by atoms with Gasteiger partial charge in [0.25, 0.3) is 10.0 Å². The van der Waals surface area contributed by atoms with Crippen molar-refractivity contribution in [2.75, 3.05) is 6.54 Å². The second kappa shape index (κ2) is 9.02. The molecule has 0 fully saturated rings. The largest absolute Gasteiger partial charge is 0.269 e. The standard InChI is InChI=1S/C24H24N4O3S/c1-3-4-5-18(14-25-16-29)20-10-12-26-22-15-27-24-21(23(20)22)11-13-28(24)32(30,31)19-8-6-17(2)7-9-19/h6-13,15,18H,3-5,14H2,1-2H3. The number of aliphatic imine (C=N–C) groups is 1. The van der Waals surface area contributed by atoms with Gasteiger partial charge in [-0.25, -0.2) is 27.2 Å². The molecule has 0 saturated carbocycles. The molecule has 0 saturated heterocycles. The first kappa shape index (κ1) is 21.9. The molecule has 0 bridgehead atoms. The van der Waals surface area contributed by atoms with Crippen molar-refractivity contribution in [2.45, 2.75) is 43.9 Å². The van der Waals surface area contributed by atoms with Crippen molar-refractivity contribution in [3.8, 4) is 0 Å².